The number of hydrogen-bond donors (Lipinski definition) is 2. The Hall–Kier alpha value is -0.960. The first-order valence-electron chi connectivity index (χ1n) is 6.24. The number of halogens is 5. The van der Waals surface area contributed by atoms with E-state index in [1.54, 1.807) is 0 Å². The quantitative estimate of drug-likeness (QED) is 0.724. The van der Waals surface area contributed by atoms with E-state index in [-0.39, 0.29) is 13.0 Å². The van der Waals surface area contributed by atoms with Crippen LogP contribution in [0.2, 0.25) is 0 Å². The van der Waals surface area contributed by atoms with E-state index in [9.17, 15) is 22.0 Å². The number of carbonyl (C=O) groups is 1. The maximum atomic E-state index is 12.9. The number of aliphatic carboxylic acids is 1. The summed E-state index contributed by atoms with van der Waals surface area (Å²) in [5.41, 5.74) is 0. The van der Waals surface area contributed by atoms with E-state index in [2.05, 4.69) is 5.32 Å². The molecule has 0 bridgehead atoms. The lowest BCUT2D eigenvalue weighted by Crippen LogP contribution is -2.42. The van der Waals surface area contributed by atoms with Gasteiger partial charge >= 0.3 is 12.1 Å². The van der Waals surface area contributed by atoms with Gasteiger partial charge in [0.05, 0.1) is 6.54 Å². The van der Waals surface area contributed by atoms with Gasteiger partial charge < -0.3 is 10.4 Å². The van der Waals surface area contributed by atoms with E-state index < -0.39 is 18.1 Å². The highest BCUT2D eigenvalue weighted by Gasteiger charge is 2.40. The van der Waals surface area contributed by atoms with Gasteiger partial charge in [0.25, 0.3) is 5.92 Å². The SMILES string of the molecule is FC1(F)CCN(C2CCNCC2)C1.O=C(O)C(F)(F)F. The molecule has 2 aliphatic rings. The van der Waals surface area contributed by atoms with Crippen molar-refractivity contribution in [2.75, 3.05) is 26.2 Å². The molecule has 0 saturated carbocycles. The van der Waals surface area contributed by atoms with Crippen molar-refractivity contribution in [3.63, 3.8) is 0 Å². The van der Waals surface area contributed by atoms with Crippen molar-refractivity contribution >= 4 is 5.97 Å². The molecule has 9 heteroatoms. The zero-order valence-electron chi connectivity index (χ0n) is 10.7. The molecule has 0 unspecified atom stereocenters. The van der Waals surface area contributed by atoms with Crippen molar-refractivity contribution in [3.8, 4) is 0 Å². The van der Waals surface area contributed by atoms with Crippen molar-refractivity contribution in [2.45, 2.75) is 37.4 Å². The Balaban J connectivity index is 0.000000246. The molecule has 2 N–H and O–H groups in total. The van der Waals surface area contributed by atoms with Crippen LogP contribution in [0.5, 0.6) is 0 Å². The molecule has 2 heterocycles. The summed E-state index contributed by atoms with van der Waals surface area (Å²) in [6, 6.07) is 0.398. The molecule has 20 heavy (non-hydrogen) atoms. The van der Waals surface area contributed by atoms with Crippen LogP contribution in [0, 0.1) is 0 Å². The lowest BCUT2D eigenvalue weighted by Gasteiger charge is -2.31. The van der Waals surface area contributed by atoms with Crippen LogP contribution in [0.3, 0.4) is 0 Å². The van der Waals surface area contributed by atoms with Gasteiger partial charge in [-0.3, -0.25) is 4.90 Å². The number of nitrogens with one attached hydrogen (secondary N) is 1. The summed E-state index contributed by atoms with van der Waals surface area (Å²) in [7, 11) is 0. The summed E-state index contributed by atoms with van der Waals surface area (Å²) < 4.78 is 57.5. The summed E-state index contributed by atoms with van der Waals surface area (Å²) >= 11 is 0. The minimum Gasteiger partial charge on any atom is -0.475 e. The molecule has 0 aromatic heterocycles. The van der Waals surface area contributed by atoms with Crippen LogP contribution in [0.25, 0.3) is 0 Å². The number of hydrogen-bond acceptors (Lipinski definition) is 3. The zero-order valence-corrected chi connectivity index (χ0v) is 10.7. The highest BCUT2D eigenvalue weighted by atomic mass is 19.4. The van der Waals surface area contributed by atoms with E-state index >= 15 is 0 Å². The normalized spacial score (nSPS) is 24.1. The van der Waals surface area contributed by atoms with E-state index in [1.807, 2.05) is 4.90 Å². The van der Waals surface area contributed by atoms with Gasteiger partial charge in [0.2, 0.25) is 0 Å². The Labute approximate surface area is 112 Å². The molecule has 2 fully saturated rings. The number of carboxylic acid groups (broad SMARTS) is 1. The number of nitrogens with zero attached hydrogens (tertiary/aromatic N) is 1. The third kappa shape index (κ3) is 5.58. The van der Waals surface area contributed by atoms with Gasteiger partial charge in [-0.1, -0.05) is 0 Å². The summed E-state index contributed by atoms with van der Waals surface area (Å²) in [5, 5.41) is 10.4. The van der Waals surface area contributed by atoms with Gasteiger partial charge in [0.15, 0.2) is 0 Å². The topological polar surface area (TPSA) is 52.6 Å². The first-order chi connectivity index (χ1) is 9.12. The maximum Gasteiger partial charge on any atom is 0.490 e. The Morgan fingerprint density at radius 1 is 1.25 bits per heavy atom. The van der Waals surface area contributed by atoms with Crippen molar-refractivity contribution in [3.05, 3.63) is 0 Å². The second-order valence-corrected chi connectivity index (χ2v) is 4.86. The molecule has 0 atom stereocenters. The number of piperidine rings is 1. The van der Waals surface area contributed by atoms with E-state index in [4.69, 9.17) is 9.90 Å². The molecule has 2 rings (SSSR count). The third-order valence-corrected chi connectivity index (χ3v) is 3.27. The van der Waals surface area contributed by atoms with Crippen LogP contribution >= 0.6 is 0 Å². The van der Waals surface area contributed by atoms with Gasteiger partial charge in [-0.15, -0.1) is 0 Å². The Morgan fingerprint density at radius 3 is 2.10 bits per heavy atom. The lowest BCUT2D eigenvalue weighted by molar-refractivity contribution is -0.192. The van der Waals surface area contributed by atoms with Crippen LogP contribution in [0.1, 0.15) is 19.3 Å². The van der Waals surface area contributed by atoms with Crippen molar-refractivity contribution in [1.29, 1.82) is 0 Å². The molecule has 4 nitrogen and oxygen atoms in total. The molecule has 118 valence electrons. The number of carboxylic acids is 1. The summed E-state index contributed by atoms with van der Waals surface area (Å²) in [6.07, 6.45) is -2.98. The smallest absolute Gasteiger partial charge is 0.475 e. The highest BCUT2D eigenvalue weighted by Crippen LogP contribution is 2.29. The molecular formula is C11H17F5N2O2. The minimum absolute atomic E-state index is 0.0162. The largest absolute Gasteiger partial charge is 0.490 e. The van der Waals surface area contributed by atoms with E-state index in [0.717, 1.165) is 25.9 Å². The molecule has 0 aliphatic carbocycles. The second-order valence-electron chi connectivity index (χ2n) is 4.86. The molecule has 2 aliphatic heterocycles. The molecule has 0 spiro atoms. The van der Waals surface area contributed by atoms with Crippen molar-refractivity contribution in [1.82, 2.24) is 10.2 Å². The van der Waals surface area contributed by atoms with Crippen LogP contribution in [-0.2, 0) is 4.79 Å². The average molecular weight is 304 g/mol. The Bertz CT molecular complexity index is 329. The molecule has 0 aromatic rings. The standard InChI is InChI=1S/C9H16F2N2.C2HF3O2/c10-9(11)3-6-13(7-9)8-1-4-12-5-2-8;3-2(4,5)1(6)7/h8,12H,1-7H2;(H,6,7). The van der Waals surface area contributed by atoms with Gasteiger partial charge in [-0.25, -0.2) is 13.6 Å². The summed E-state index contributed by atoms with van der Waals surface area (Å²) in [6.45, 7) is 2.52. The summed E-state index contributed by atoms with van der Waals surface area (Å²) in [5.74, 6) is -5.18. The average Bonchev–Trinajstić information content (AvgIpc) is 2.70. The molecule has 0 amide bonds. The molecule has 2 saturated heterocycles. The van der Waals surface area contributed by atoms with Gasteiger partial charge in [-0.2, -0.15) is 13.2 Å². The highest BCUT2D eigenvalue weighted by molar-refractivity contribution is 5.73. The van der Waals surface area contributed by atoms with E-state index in [1.165, 1.54) is 0 Å². The van der Waals surface area contributed by atoms with Crippen LogP contribution < -0.4 is 5.32 Å². The third-order valence-electron chi connectivity index (χ3n) is 3.27. The molecular weight excluding hydrogens is 287 g/mol. The second kappa shape index (κ2) is 6.66. The predicted molar refractivity (Wildman–Crippen MR) is 60.7 cm³/mol. The summed E-state index contributed by atoms with van der Waals surface area (Å²) in [4.78, 5) is 10.9. The maximum absolute atomic E-state index is 12.9. The Morgan fingerprint density at radius 2 is 1.75 bits per heavy atom. The first-order valence-corrected chi connectivity index (χ1v) is 6.24. The minimum atomic E-state index is -5.08. The lowest BCUT2D eigenvalue weighted by atomic mass is 10.1. The molecule has 0 radical (unpaired) electrons. The van der Waals surface area contributed by atoms with E-state index in [0.29, 0.717) is 12.6 Å². The fraction of sp³-hybridized carbons (Fsp3) is 0.909. The van der Waals surface area contributed by atoms with Gasteiger partial charge in [0, 0.05) is 19.0 Å². The fourth-order valence-electron chi connectivity index (χ4n) is 2.25. The zero-order chi connectivity index (χ0) is 15.4. The van der Waals surface area contributed by atoms with Crippen LogP contribution in [-0.4, -0.2) is 60.3 Å². The Kier molecular flexibility index (Phi) is 5.69. The van der Waals surface area contributed by atoms with Crippen LogP contribution in [0.4, 0.5) is 22.0 Å². The number of rotatable bonds is 1. The number of alkyl halides is 5. The molecule has 0 aromatic carbocycles. The van der Waals surface area contributed by atoms with Gasteiger partial charge in [0.1, 0.15) is 0 Å². The van der Waals surface area contributed by atoms with Gasteiger partial charge in [-0.05, 0) is 25.9 Å². The fourth-order valence-corrected chi connectivity index (χ4v) is 2.25. The van der Waals surface area contributed by atoms with Crippen molar-refractivity contribution in [2.24, 2.45) is 0 Å². The van der Waals surface area contributed by atoms with Crippen molar-refractivity contribution < 1.29 is 31.9 Å². The van der Waals surface area contributed by atoms with Crippen LogP contribution in [0.15, 0.2) is 0 Å². The monoisotopic (exact) mass is 304 g/mol. The number of likely N-dealkylation sites (tertiary alicyclic amines) is 1. The predicted octanol–water partition coefficient (Wildman–Crippen LogP) is 1.71. The first kappa shape index (κ1) is 17.1.